The minimum Gasteiger partial charge on any atom is -0.388 e. The zero-order valence-electron chi connectivity index (χ0n) is 3.53. The van der Waals surface area contributed by atoms with Gasteiger partial charge in [0.05, 0.1) is 0 Å². The number of hydrogen-bond acceptors (Lipinski definition) is 4. The summed E-state index contributed by atoms with van der Waals surface area (Å²) in [5.41, 5.74) is 1.59. The maximum atomic E-state index is 8.31. The van der Waals surface area contributed by atoms with E-state index >= 15 is 0 Å². The number of aliphatic hydroxyl groups is 1. The molecule has 0 spiro atoms. The average molecular weight is 116 g/mol. The van der Waals surface area contributed by atoms with Crippen LogP contribution >= 0.6 is 11.5 Å². The summed E-state index contributed by atoms with van der Waals surface area (Å²) in [7, 11) is 0. The van der Waals surface area contributed by atoms with Crippen molar-refractivity contribution in [3.63, 3.8) is 0 Å². The summed E-state index contributed by atoms with van der Waals surface area (Å²) in [5.74, 6) is 0.505. The lowest BCUT2D eigenvalue weighted by Gasteiger charge is -1.75. The van der Waals surface area contributed by atoms with Gasteiger partial charge in [-0.1, -0.05) is 0 Å². The van der Waals surface area contributed by atoms with Crippen LogP contribution in [0.25, 0.3) is 0 Å². The lowest BCUT2D eigenvalue weighted by molar-refractivity contribution is 0.273. The molecular weight excluding hydrogens is 112 g/mol. The van der Waals surface area contributed by atoms with Gasteiger partial charge in [0.1, 0.15) is 12.1 Å². The van der Waals surface area contributed by atoms with Crippen molar-refractivity contribution in [3.05, 3.63) is 11.3 Å². The predicted octanol–water partition coefficient (Wildman–Crippen LogP) is 0.0304. The van der Waals surface area contributed by atoms with E-state index in [0.717, 1.165) is 0 Å². The molecule has 1 aromatic heterocycles. The highest BCUT2D eigenvalue weighted by molar-refractivity contribution is 7.03. The third-order valence-corrected chi connectivity index (χ3v) is 1.06. The SMILES string of the molecule is OCc1ncsn1. The van der Waals surface area contributed by atoms with E-state index in [9.17, 15) is 0 Å². The minimum atomic E-state index is -0.0521. The average Bonchev–Trinajstić information content (AvgIpc) is 2.14. The second-order valence-corrected chi connectivity index (χ2v) is 1.61. The Labute approximate surface area is 44.8 Å². The molecule has 1 N–H and O–H groups in total. The number of rotatable bonds is 1. The highest BCUT2D eigenvalue weighted by Crippen LogP contribution is 1.90. The first-order valence-electron chi connectivity index (χ1n) is 1.79. The number of aromatic nitrogens is 2. The van der Waals surface area contributed by atoms with Crippen LogP contribution in [0.3, 0.4) is 0 Å². The first-order valence-corrected chi connectivity index (χ1v) is 2.63. The van der Waals surface area contributed by atoms with Crippen molar-refractivity contribution in [1.82, 2.24) is 9.36 Å². The van der Waals surface area contributed by atoms with Gasteiger partial charge >= 0.3 is 0 Å². The molecule has 0 amide bonds. The van der Waals surface area contributed by atoms with Crippen molar-refractivity contribution in [2.45, 2.75) is 6.61 Å². The van der Waals surface area contributed by atoms with Crippen molar-refractivity contribution in [1.29, 1.82) is 0 Å². The van der Waals surface area contributed by atoms with E-state index in [1.165, 1.54) is 11.5 Å². The zero-order valence-corrected chi connectivity index (χ0v) is 4.35. The predicted molar refractivity (Wildman–Crippen MR) is 25.8 cm³/mol. The second-order valence-electron chi connectivity index (χ2n) is 1.01. The molecule has 0 bridgehead atoms. The van der Waals surface area contributed by atoms with Crippen molar-refractivity contribution >= 4 is 11.5 Å². The largest absolute Gasteiger partial charge is 0.388 e. The topological polar surface area (TPSA) is 46.0 Å². The summed E-state index contributed by atoms with van der Waals surface area (Å²) < 4.78 is 3.72. The maximum absolute atomic E-state index is 8.31. The van der Waals surface area contributed by atoms with Crippen LogP contribution in [-0.2, 0) is 6.61 Å². The lowest BCUT2D eigenvalue weighted by Crippen LogP contribution is -1.82. The van der Waals surface area contributed by atoms with Gasteiger partial charge in [0.2, 0.25) is 0 Å². The minimum absolute atomic E-state index is 0.0521. The normalized spacial score (nSPS) is 9.29. The van der Waals surface area contributed by atoms with Crippen LogP contribution in [0.2, 0.25) is 0 Å². The fourth-order valence-corrected chi connectivity index (χ4v) is 0.705. The van der Waals surface area contributed by atoms with E-state index in [-0.39, 0.29) is 6.61 Å². The molecule has 0 atom stereocenters. The molecule has 4 heteroatoms. The molecule has 3 nitrogen and oxygen atoms in total. The van der Waals surface area contributed by atoms with Crippen LogP contribution in [-0.4, -0.2) is 14.5 Å². The smallest absolute Gasteiger partial charge is 0.167 e. The molecule has 0 aliphatic carbocycles. The Balaban J connectivity index is 2.76. The molecule has 7 heavy (non-hydrogen) atoms. The van der Waals surface area contributed by atoms with Crippen LogP contribution in [0.1, 0.15) is 5.82 Å². The van der Waals surface area contributed by atoms with Gasteiger partial charge in [0.15, 0.2) is 5.82 Å². The first-order chi connectivity index (χ1) is 3.43. The molecular formula is C3H4N2OS. The van der Waals surface area contributed by atoms with Gasteiger partial charge in [0, 0.05) is 0 Å². The summed E-state index contributed by atoms with van der Waals surface area (Å²) in [6, 6.07) is 0. The fourth-order valence-electron chi connectivity index (χ4n) is 0.262. The van der Waals surface area contributed by atoms with Crippen molar-refractivity contribution in [2.24, 2.45) is 0 Å². The summed E-state index contributed by atoms with van der Waals surface area (Å²) in [6.45, 7) is -0.0521. The molecule has 1 aromatic rings. The molecule has 0 aromatic carbocycles. The Hall–Kier alpha value is -0.480. The van der Waals surface area contributed by atoms with Gasteiger partial charge in [-0.05, 0) is 11.5 Å². The highest BCUT2D eigenvalue weighted by Gasteiger charge is 1.87. The molecule has 1 rings (SSSR count). The number of hydrogen-bond donors (Lipinski definition) is 1. The zero-order chi connectivity index (χ0) is 5.11. The summed E-state index contributed by atoms with van der Waals surface area (Å²) in [5, 5.41) is 8.31. The third-order valence-electron chi connectivity index (χ3n) is 0.548. The van der Waals surface area contributed by atoms with E-state index in [0.29, 0.717) is 5.82 Å². The lowest BCUT2D eigenvalue weighted by atomic mass is 10.7. The van der Waals surface area contributed by atoms with Crippen LogP contribution in [0.5, 0.6) is 0 Å². The van der Waals surface area contributed by atoms with E-state index in [1.54, 1.807) is 5.51 Å². The Bertz CT molecular complexity index is 127. The maximum Gasteiger partial charge on any atom is 0.167 e. The number of aliphatic hydroxyl groups excluding tert-OH is 1. The Morgan fingerprint density at radius 1 is 1.86 bits per heavy atom. The summed E-state index contributed by atoms with van der Waals surface area (Å²) >= 11 is 1.24. The molecule has 0 saturated carbocycles. The first kappa shape index (κ1) is 4.67. The van der Waals surface area contributed by atoms with E-state index < -0.39 is 0 Å². The molecule has 1 heterocycles. The van der Waals surface area contributed by atoms with Crippen molar-refractivity contribution in [3.8, 4) is 0 Å². The van der Waals surface area contributed by atoms with E-state index in [1.807, 2.05) is 0 Å². The van der Waals surface area contributed by atoms with Crippen molar-refractivity contribution < 1.29 is 5.11 Å². The summed E-state index contributed by atoms with van der Waals surface area (Å²) in [6.07, 6.45) is 0. The second kappa shape index (κ2) is 1.99. The Morgan fingerprint density at radius 2 is 2.71 bits per heavy atom. The van der Waals surface area contributed by atoms with Gasteiger partial charge in [-0.3, -0.25) is 0 Å². The van der Waals surface area contributed by atoms with Gasteiger partial charge in [-0.25, -0.2) is 4.98 Å². The Kier molecular flexibility index (Phi) is 1.33. The van der Waals surface area contributed by atoms with Gasteiger partial charge in [-0.2, -0.15) is 4.37 Å². The standard InChI is InChI=1S/C3H4N2OS/c6-1-3-4-2-7-5-3/h2,6H,1H2. The van der Waals surface area contributed by atoms with Crippen LogP contribution in [0.4, 0.5) is 0 Å². The highest BCUT2D eigenvalue weighted by atomic mass is 32.1. The van der Waals surface area contributed by atoms with Crippen molar-refractivity contribution in [2.75, 3.05) is 0 Å². The number of nitrogens with zero attached hydrogens (tertiary/aromatic N) is 2. The molecule has 0 aliphatic heterocycles. The summed E-state index contributed by atoms with van der Waals surface area (Å²) in [4.78, 5) is 3.69. The van der Waals surface area contributed by atoms with Gasteiger partial charge in [-0.15, -0.1) is 0 Å². The molecule has 0 radical (unpaired) electrons. The van der Waals surface area contributed by atoms with Crippen LogP contribution in [0.15, 0.2) is 5.51 Å². The monoisotopic (exact) mass is 116 g/mol. The van der Waals surface area contributed by atoms with Gasteiger partial charge in [0.25, 0.3) is 0 Å². The van der Waals surface area contributed by atoms with Crippen LogP contribution < -0.4 is 0 Å². The molecule has 38 valence electrons. The molecule has 0 unspecified atom stereocenters. The molecule has 0 aliphatic rings. The van der Waals surface area contributed by atoms with Crippen LogP contribution in [0, 0.1) is 0 Å². The Morgan fingerprint density at radius 3 is 3.00 bits per heavy atom. The van der Waals surface area contributed by atoms with E-state index in [4.69, 9.17) is 5.11 Å². The third kappa shape index (κ3) is 0.942. The fraction of sp³-hybridized carbons (Fsp3) is 0.333. The molecule has 0 saturated heterocycles. The quantitative estimate of drug-likeness (QED) is 0.563. The molecule has 0 fully saturated rings. The van der Waals surface area contributed by atoms with E-state index in [2.05, 4.69) is 9.36 Å². The van der Waals surface area contributed by atoms with Gasteiger partial charge < -0.3 is 5.11 Å².